The van der Waals surface area contributed by atoms with Gasteiger partial charge in [0, 0.05) is 44.3 Å². The third-order valence-electron chi connectivity index (χ3n) is 13.1. The highest BCUT2D eigenvalue weighted by Crippen LogP contribution is 2.63. The molecule has 3 heteroatoms. The van der Waals surface area contributed by atoms with Crippen molar-refractivity contribution >= 4 is 49.8 Å². The van der Waals surface area contributed by atoms with Crippen LogP contribution in [0.25, 0.3) is 66.1 Å². The van der Waals surface area contributed by atoms with Crippen LogP contribution in [0.2, 0.25) is 0 Å². The Labute approximate surface area is 359 Å². The molecule has 2 aliphatic rings. The van der Waals surface area contributed by atoms with Crippen molar-refractivity contribution in [2.24, 2.45) is 0 Å². The summed E-state index contributed by atoms with van der Waals surface area (Å²) in [5, 5.41) is 4.47. The van der Waals surface area contributed by atoms with Gasteiger partial charge in [0.2, 0.25) is 0 Å². The molecule has 0 unspecified atom stereocenters. The van der Waals surface area contributed by atoms with Gasteiger partial charge in [-0.15, -0.1) is 0 Å². The second-order valence-electron chi connectivity index (χ2n) is 16.4. The number of fused-ring (bicyclic) bond motifs is 14. The predicted molar refractivity (Wildman–Crippen MR) is 254 cm³/mol. The molecule has 0 amide bonds. The molecule has 13 rings (SSSR count). The third-order valence-corrected chi connectivity index (χ3v) is 13.1. The number of furan rings is 1. The molecule has 10 aromatic carbocycles. The van der Waals surface area contributed by atoms with Crippen LogP contribution in [0, 0.1) is 0 Å². The van der Waals surface area contributed by atoms with Gasteiger partial charge in [-0.25, -0.2) is 0 Å². The number of hydrogen-bond donors (Lipinski definition) is 0. The molecule has 0 N–H and O–H groups in total. The molecule has 62 heavy (non-hydrogen) atoms. The van der Waals surface area contributed by atoms with Gasteiger partial charge in [0.15, 0.2) is 0 Å². The minimum Gasteiger partial charge on any atom is -0.457 e. The SMILES string of the molecule is c1ccc(-c2cccc(N(c3ccc(-c4cccc5c4-c4ccccc4C54c5ccccc5Oc5ccccc54)cc3)c3ccc4ccc5c6ccccc6oc5c4c3)c2)cc1. The Balaban J connectivity index is 0.989. The summed E-state index contributed by atoms with van der Waals surface area (Å²) in [4.78, 5) is 2.37. The average molecular weight is 792 g/mol. The Kier molecular flexibility index (Phi) is 7.52. The summed E-state index contributed by atoms with van der Waals surface area (Å²) in [5.74, 6) is 1.80. The molecule has 1 aromatic heterocycles. The highest BCUT2D eigenvalue weighted by Gasteiger charge is 2.51. The molecule has 1 aliphatic carbocycles. The first-order valence-electron chi connectivity index (χ1n) is 21.2. The summed E-state index contributed by atoms with van der Waals surface area (Å²) in [6.07, 6.45) is 0. The van der Waals surface area contributed by atoms with E-state index in [1.165, 1.54) is 44.5 Å². The van der Waals surface area contributed by atoms with Crippen LogP contribution in [0.4, 0.5) is 17.1 Å². The predicted octanol–water partition coefficient (Wildman–Crippen LogP) is 16.0. The monoisotopic (exact) mass is 791 g/mol. The first-order chi connectivity index (χ1) is 30.7. The minimum absolute atomic E-state index is 0.519. The van der Waals surface area contributed by atoms with Gasteiger partial charge in [0.1, 0.15) is 22.7 Å². The van der Waals surface area contributed by atoms with Gasteiger partial charge < -0.3 is 14.1 Å². The number of para-hydroxylation sites is 3. The summed E-state index contributed by atoms with van der Waals surface area (Å²) < 4.78 is 13.2. The van der Waals surface area contributed by atoms with Crippen LogP contribution >= 0.6 is 0 Å². The molecule has 1 spiro atoms. The lowest BCUT2D eigenvalue weighted by atomic mass is 9.66. The van der Waals surface area contributed by atoms with Gasteiger partial charge in [-0.3, -0.25) is 0 Å². The van der Waals surface area contributed by atoms with E-state index in [4.69, 9.17) is 9.15 Å². The average Bonchev–Trinajstić information content (AvgIpc) is 3.87. The Morgan fingerprint density at radius 3 is 1.79 bits per heavy atom. The zero-order valence-electron chi connectivity index (χ0n) is 33.6. The number of benzene rings is 10. The summed E-state index contributed by atoms with van der Waals surface area (Å²) in [7, 11) is 0. The second-order valence-corrected chi connectivity index (χ2v) is 16.4. The van der Waals surface area contributed by atoms with Crippen molar-refractivity contribution in [3.05, 3.63) is 247 Å². The molecule has 0 atom stereocenters. The summed E-state index contributed by atoms with van der Waals surface area (Å²) >= 11 is 0. The molecule has 290 valence electrons. The lowest BCUT2D eigenvalue weighted by molar-refractivity contribution is 0.436. The fraction of sp³-hybridized carbons (Fsp3) is 0.0169. The van der Waals surface area contributed by atoms with Crippen LogP contribution in [0.3, 0.4) is 0 Å². The fourth-order valence-corrected chi connectivity index (χ4v) is 10.5. The van der Waals surface area contributed by atoms with Gasteiger partial charge in [-0.1, -0.05) is 164 Å². The van der Waals surface area contributed by atoms with Crippen LogP contribution < -0.4 is 9.64 Å². The van der Waals surface area contributed by atoms with Crippen molar-refractivity contribution in [2.45, 2.75) is 5.41 Å². The standard InChI is InChI=1S/C59H37NO2/c1-2-14-38(15-3-1)41-16-12-17-43(36-41)60(44-34-30-40-31-35-47-46-18-5-9-25-54(46)62-58(47)49(40)37-44)42-32-28-39(29-33-42)45-20-13-24-53-57(45)48-19-4-6-21-50(48)59(53)51-22-7-10-26-55(51)61-56-27-11-8-23-52(56)59/h1-37H. The molecular weight excluding hydrogens is 755 g/mol. The Bertz CT molecular complexity index is 3520. The molecule has 2 heterocycles. The Morgan fingerprint density at radius 2 is 0.968 bits per heavy atom. The molecule has 11 aromatic rings. The maximum atomic E-state index is 6.60. The van der Waals surface area contributed by atoms with Crippen LogP contribution in [0.5, 0.6) is 11.5 Å². The van der Waals surface area contributed by atoms with E-state index >= 15 is 0 Å². The van der Waals surface area contributed by atoms with Crippen molar-refractivity contribution in [3.8, 4) is 44.9 Å². The van der Waals surface area contributed by atoms with Crippen LogP contribution in [-0.4, -0.2) is 0 Å². The molecule has 0 saturated heterocycles. The smallest absolute Gasteiger partial charge is 0.143 e. The van der Waals surface area contributed by atoms with Crippen molar-refractivity contribution in [2.75, 3.05) is 4.90 Å². The van der Waals surface area contributed by atoms with E-state index in [0.717, 1.165) is 72.4 Å². The number of anilines is 3. The molecular formula is C59H37NO2. The van der Waals surface area contributed by atoms with E-state index in [-0.39, 0.29) is 0 Å². The first-order valence-corrected chi connectivity index (χ1v) is 21.2. The maximum Gasteiger partial charge on any atom is 0.143 e. The van der Waals surface area contributed by atoms with E-state index in [0.29, 0.717) is 0 Å². The van der Waals surface area contributed by atoms with Gasteiger partial charge in [0.05, 0.1) is 5.41 Å². The van der Waals surface area contributed by atoms with E-state index in [9.17, 15) is 0 Å². The minimum atomic E-state index is -0.519. The van der Waals surface area contributed by atoms with Crippen LogP contribution in [-0.2, 0) is 5.41 Å². The van der Waals surface area contributed by atoms with Crippen molar-refractivity contribution < 1.29 is 9.15 Å². The molecule has 0 saturated carbocycles. The normalized spacial score (nSPS) is 13.1. The number of hydrogen-bond acceptors (Lipinski definition) is 3. The first kappa shape index (κ1) is 34.7. The van der Waals surface area contributed by atoms with E-state index in [1.54, 1.807) is 0 Å². The van der Waals surface area contributed by atoms with Gasteiger partial charge >= 0.3 is 0 Å². The lowest BCUT2D eigenvalue weighted by Gasteiger charge is -2.39. The largest absolute Gasteiger partial charge is 0.457 e. The van der Waals surface area contributed by atoms with Crippen molar-refractivity contribution in [3.63, 3.8) is 0 Å². The number of nitrogens with zero attached hydrogens (tertiary/aromatic N) is 1. The van der Waals surface area contributed by atoms with Gasteiger partial charge in [0.25, 0.3) is 0 Å². The van der Waals surface area contributed by atoms with Gasteiger partial charge in [-0.05, 0) is 111 Å². The lowest BCUT2D eigenvalue weighted by Crippen LogP contribution is -2.32. The van der Waals surface area contributed by atoms with Crippen LogP contribution in [0.1, 0.15) is 22.3 Å². The maximum absolute atomic E-state index is 6.60. The van der Waals surface area contributed by atoms with Crippen molar-refractivity contribution in [1.82, 2.24) is 0 Å². The highest BCUT2D eigenvalue weighted by atomic mass is 16.5. The molecule has 0 bridgehead atoms. The summed E-state index contributed by atoms with van der Waals surface area (Å²) in [6.45, 7) is 0. The fourth-order valence-electron chi connectivity index (χ4n) is 10.5. The molecule has 3 nitrogen and oxygen atoms in total. The molecule has 0 radical (unpaired) electrons. The second kappa shape index (κ2) is 13.4. The van der Waals surface area contributed by atoms with Gasteiger partial charge in [-0.2, -0.15) is 0 Å². The number of ether oxygens (including phenoxy) is 1. The highest BCUT2D eigenvalue weighted by molar-refractivity contribution is 6.15. The van der Waals surface area contributed by atoms with E-state index in [1.807, 2.05) is 6.07 Å². The topological polar surface area (TPSA) is 25.6 Å². The zero-order chi connectivity index (χ0) is 40.8. The summed E-state index contributed by atoms with van der Waals surface area (Å²) in [5.41, 5.74) is 16.6. The molecule has 1 aliphatic heterocycles. The number of rotatable bonds is 5. The van der Waals surface area contributed by atoms with E-state index < -0.39 is 5.41 Å². The third kappa shape index (κ3) is 5.00. The molecule has 0 fully saturated rings. The van der Waals surface area contributed by atoms with E-state index in [2.05, 4.69) is 223 Å². The summed E-state index contributed by atoms with van der Waals surface area (Å²) in [6, 6.07) is 80.9. The van der Waals surface area contributed by atoms with Crippen molar-refractivity contribution in [1.29, 1.82) is 0 Å². The quantitative estimate of drug-likeness (QED) is 0.174. The Morgan fingerprint density at radius 1 is 0.355 bits per heavy atom. The zero-order valence-corrected chi connectivity index (χ0v) is 33.6. The van der Waals surface area contributed by atoms with Crippen LogP contribution in [0.15, 0.2) is 229 Å². The Hall–Kier alpha value is -8.14.